The summed E-state index contributed by atoms with van der Waals surface area (Å²) < 4.78 is 33.1. The second kappa shape index (κ2) is 10.4. The number of thiazole rings is 1. The van der Waals surface area contributed by atoms with Crippen LogP contribution in [0.1, 0.15) is 60.0 Å². The van der Waals surface area contributed by atoms with Gasteiger partial charge in [0.25, 0.3) is 17.0 Å². The summed E-state index contributed by atoms with van der Waals surface area (Å²) in [5.41, 5.74) is 2.49. The molecule has 5 rings (SSSR count). The van der Waals surface area contributed by atoms with Gasteiger partial charge in [-0.25, -0.2) is 13.8 Å². The van der Waals surface area contributed by atoms with Crippen LogP contribution in [0.3, 0.4) is 0 Å². The van der Waals surface area contributed by atoms with Gasteiger partial charge in [-0.3, -0.25) is 14.4 Å². The number of fused-ring (bicyclic) bond motifs is 2. The first-order valence-electron chi connectivity index (χ1n) is 12.7. The van der Waals surface area contributed by atoms with Crippen molar-refractivity contribution in [2.75, 3.05) is 19.7 Å². The molecule has 3 aromatic rings. The summed E-state index contributed by atoms with van der Waals surface area (Å²) in [6.07, 6.45) is 8.13. The van der Waals surface area contributed by atoms with Crippen LogP contribution in [0.4, 0.5) is 8.78 Å². The number of aryl methyl sites for hydroxylation is 1. The highest BCUT2D eigenvalue weighted by atomic mass is 32.1. The Bertz CT molecular complexity index is 1210. The van der Waals surface area contributed by atoms with Crippen LogP contribution in [0.2, 0.25) is 0 Å². The summed E-state index contributed by atoms with van der Waals surface area (Å²) in [4.78, 5) is 21.0. The Morgan fingerprint density at radius 2 is 2.08 bits per heavy atom. The first kappa shape index (κ1) is 25.1. The SMILES string of the molecule is Cn1cc2c(C(=O)NC3CCC(CCN4CCc5sc(OCC(C)(F)F)nc5C4)CC3)cccc2n1. The monoisotopic (exact) mass is 517 g/mol. The Balaban J connectivity index is 1.06. The van der Waals surface area contributed by atoms with E-state index in [4.69, 9.17) is 4.74 Å². The fraction of sp³-hybridized carbons (Fsp3) is 0.577. The first-order chi connectivity index (χ1) is 17.2. The summed E-state index contributed by atoms with van der Waals surface area (Å²) in [6.45, 7) is 2.94. The summed E-state index contributed by atoms with van der Waals surface area (Å²) in [5, 5.41) is 8.88. The molecule has 2 aliphatic rings. The normalized spacial score (nSPS) is 20.9. The Hall–Kier alpha value is -2.59. The van der Waals surface area contributed by atoms with E-state index in [0.29, 0.717) is 16.7 Å². The van der Waals surface area contributed by atoms with E-state index in [0.717, 1.165) is 86.6 Å². The van der Waals surface area contributed by atoms with Gasteiger partial charge in [-0.2, -0.15) is 5.10 Å². The van der Waals surface area contributed by atoms with Crippen molar-refractivity contribution in [3.05, 3.63) is 40.5 Å². The third-order valence-corrected chi connectivity index (χ3v) is 8.25. The van der Waals surface area contributed by atoms with Gasteiger partial charge in [0.1, 0.15) is 0 Å². The minimum Gasteiger partial charge on any atom is -0.464 e. The van der Waals surface area contributed by atoms with Crippen molar-refractivity contribution in [2.45, 2.75) is 64.0 Å². The number of amides is 1. The van der Waals surface area contributed by atoms with Gasteiger partial charge >= 0.3 is 0 Å². The largest absolute Gasteiger partial charge is 0.464 e. The molecule has 0 radical (unpaired) electrons. The summed E-state index contributed by atoms with van der Waals surface area (Å²) in [7, 11) is 1.87. The zero-order chi connectivity index (χ0) is 25.3. The van der Waals surface area contributed by atoms with E-state index in [1.807, 2.05) is 31.4 Å². The number of carbonyl (C=O) groups is 1. The van der Waals surface area contributed by atoms with Crippen LogP contribution in [0.15, 0.2) is 24.4 Å². The number of ether oxygens (including phenoxy) is 1. The number of hydrogen-bond acceptors (Lipinski definition) is 6. The van der Waals surface area contributed by atoms with Crippen LogP contribution in [0, 0.1) is 5.92 Å². The molecule has 1 aliphatic carbocycles. The average molecular weight is 518 g/mol. The van der Waals surface area contributed by atoms with Crippen molar-refractivity contribution in [3.8, 4) is 5.19 Å². The molecule has 0 unspecified atom stereocenters. The van der Waals surface area contributed by atoms with Crippen molar-refractivity contribution >= 4 is 28.1 Å². The summed E-state index contributed by atoms with van der Waals surface area (Å²) >= 11 is 1.40. The van der Waals surface area contributed by atoms with Crippen molar-refractivity contribution in [1.29, 1.82) is 0 Å². The second-order valence-corrected chi connectivity index (χ2v) is 11.3. The minimum absolute atomic E-state index is 0.0181. The molecule has 1 aromatic carbocycles. The highest BCUT2D eigenvalue weighted by molar-refractivity contribution is 7.13. The molecule has 3 heterocycles. The van der Waals surface area contributed by atoms with Crippen LogP contribution in [0.5, 0.6) is 5.19 Å². The molecule has 0 spiro atoms. The molecule has 1 saturated carbocycles. The molecule has 0 bridgehead atoms. The van der Waals surface area contributed by atoms with Gasteiger partial charge in [-0.05, 0) is 63.1 Å². The quantitative estimate of drug-likeness (QED) is 0.465. The lowest BCUT2D eigenvalue weighted by atomic mass is 9.84. The molecule has 1 N–H and O–H groups in total. The predicted molar refractivity (Wildman–Crippen MR) is 136 cm³/mol. The topological polar surface area (TPSA) is 72.3 Å². The minimum atomic E-state index is -2.85. The summed E-state index contributed by atoms with van der Waals surface area (Å²) in [5.74, 6) is -2.22. The number of nitrogens with one attached hydrogen (secondary N) is 1. The number of halogens is 2. The Kier molecular flexibility index (Phi) is 7.25. The number of rotatable bonds is 8. The fourth-order valence-corrected chi connectivity index (χ4v) is 6.16. The third kappa shape index (κ3) is 6.03. The van der Waals surface area contributed by atoms with E-state index in [1.54, 1.807) is 4.68 Å². The molecule has 194 valence electrons. The standard InChI is InChI=1S/C26H33F2N5O2S/c1-26(27,28)16-35-25-30-22-15-33(13-11-23(22)36-25)12-10-17-6-8-18(9-7-17)29-24(34)19-4-3-5-21-20(19)14-32(2)31-21/h3-5,14,17-18H,6-13,15-16H2,1-2H3,(H,29,34). The van der Waals surface area contributed by atoms with Gasteiger partial charge in [0.05, 0.1) is 16.8 Å². The molecule has 1 amide bonds. The maximum absolute atomic E-state index is 13.1. The van der Waals surface area contributed by atoms with Gasteiger partial charge < -0.3 is 10.1 Å². The molecule has 7 nitrogen and oxygen atoms in total. The highest BCUT2D eigenvalue weighted by Gasteiger charge is 2.27. The Morgan fingerprint density at radius 3 is 2.86 bits per heavy atom. The average Bonchev–Trinajstić information content (AvgIpc) is 3.43. The molecule has 1 aliphatic heterocycles. The maximum atomic E-state index is 13.1. The van der Waals surface area contributed by atoms with Crippen molar-refractivity contribution < 1.29 is 18.3 Å². The lowest BCUT2D eigenvalue weighted by Crippen LogP contribution is -2.38. The van der Waals surface area contributed by atoms with Gasteiger partial charge in [0.2, 0.25) is 0 Å². The molecular weight excluding hydrogens is 484 g/mol. The van der Waals surface area contributed by atoms with E-state index < -0.39 is 12.5 Å². The molecule has 0 atom stereocenters. The molecule has 1 fully saturated rings. The first-order valence-corrected chi connectivity index (χ1v) is 13.5. The van der Waals surface area contributed by atoms with Gasteiger partial charge in [0, 0.05) is 49.6 Å². The molecular formula is C26H33F2N5O2S. The number of hydrogen-bond donors (Lipinski definition) is 1. The van der Waals surface area contributed by atoms with E-state index in [9.17, 15) is 13.6 Å². The number of aromatic nitrogens is 3. The van der Waals surface area contributed by atoms with E-state index in [2.05, 4.69) is 20.3 Å². The van der Waals surface area contributed by atoms with E-state index >= 15 is 0 Å². The van der Waals surface area contributed by atoms with Gasteiger partial charge in [-0.15, -0.1) is 0 Å². The van der Waals surface area contributed by atoms with E-state index in [1.165, 1.54) is 11.3 Å². The van der Waals surface area contributed by atoms with Crippen molar-refractivity contribution in [1.82, 2.24) is 25.0 Å². The third-order valence-electron chi connectivity index (χ3n) is 7.18. The number of nitrogens with zero attached hydrogens (tertiary/aromatic N) is 4. The van der Waals surface area contributed by atoms with Crippen molar-refractivity contribution in [3.63, 3.8) is 0 Å². The predicted octanol–water partition coefficient (Wildman–Crippen LogP) is 4.80. The molecule has 2 aromatic heterocycles. The van der Waals surface area contributed by atoms with E-state index in [-0.39, 0.29) is 11.9 Å². The van der Waals surface area contributed by atoms with Crippen LogP contribution in [-0.4, -0.2) is 57.2 Å². The number of carbonyl (C=O) groups excluding carboxylic acids is 1. The van der Waals surface area contributed by atoms with Crippen molar-refractivity contribution in [2.24, 2.45) is 13.0 Å². The lowest BCUT2D eigenvalue weighted by Gasteiger charge is -2.32. The molecule has 0 saturated heterocycles. The zero-order valence-electron chi connectivity index (χ0n) is 20.8. The summed E-state index contributed by atoms with van der Waals surface area (Å²) in [6, 6.07) is 5.89. The van der Waals surface area contributed by atoms with Gasteiger partial charge in [-0.1, -0.05) is 17.4 Å². The highest BCUT2D eigenvalue weighted by Crippen LogP contribution is 2.32. The van der Waals surface area contributed by atoms with Crippen LogP contribution in [-0.2, 0) is 20.0 Å². The number of alkyl halides is 2. The Labute approximate surface area is 213 Å². The molecule has 36 heavy (non-hydrogen) atoms. The smallest absolute Gasteiger partial charge is 0.278 e. The Morgan fingerprint density at radius 1 is 1.28 bits per heavy atom. The molecule has 10 heteroatoms. The fourth-order valence-electron chi connectivity index (χ4n) is 5.25. The number of benzene rings is 1. The van der Waals surface area contributed by atoms with Crippen LogP contribution in [0.25, 0.3) is 10.9 Å². The second-order valence-electron chi connectivity index (χ2n) is 10.3. The lowest BCUT2D eigenvalue weighted by molar-refractivity contribution is -0.0230. The maximum Gasteiger partial charge on any atom is 0.278 e. The van der Waals surface area contributed by atoms with Gasteiger partial charge in [0.15, 0.2) is 6.61 Å². The van der Waals surface area contributed by atoms with Crippen LogP contribution < -0.4 is 10.1 Å². The zero-order valence-corrected chi connectivity index (χ0v) is 21.6. The van der Waals surface area contributed by atoms with Crippen LogP contribution >= 0.6 is 11.3 Å².